The summed E-state index contributed by atoms with van der Waals surface area (Å²) in [7, 11) is 0. The predicted molar refractivity (Wildman–Crippen MR) is 142 cm³/mol. The number of hydrogen-bond donors (Lipinski definition) is 0. The first-order valence-corrected chi connectivity index (χ1v) is 13.3. The minimum atomic E-state index is -4.58. The van der Waals surface area contributed by atoms with Gasteiger partial charge in [0.25, 0.3) is 0 Å². The van der Waals surface area contributed by atoms with Crippen molar-refractivity contribution in [2.24, 2.45) is 5.41 Å². The van der Waals surface area contributed by atoms with Crippen LogP contribution >= 0.6 is 22.6 Å². The molecular formula is C27H32F3IN2O3. The molecule has 0 saturated carbocycles. The Kier molecular flexibility index (Phi) is 7.69. The van der Waals surface area contributed by atoms with Gasteiger partial charge >= 0.3 is 12.3 Å². The molecule has 0 bridgehead atoms. The van der Waals surface area contributed by atoms with Crippen molar-refractivity contribution in [1.29, 1.82) is 0 Å². The van der Waals surface area contributed by atoms with E-state index in [-0.39, 0.29) is 22.9 Å². The van der Waals surface area contributed by atoms with Crippen molar-refractivity contribution in [2.45, 2.75) is 58.2 Å². The molecule has 2 aromatic carbocycles. The van der Waals surface area contributed by atoms with Crippen LogP contribution < -0.4 is 9.64 Å². The third-order valence-corrected chi connectivity index (χ3v) is 7.67. The summed E-state index contributed by atoms with van der Waals surface area (Å²) in [6.07, 6.45) is -1.70. The fourth-order valence-electron chi connectivity index (χ4n) is 5.13. The maximum atomic E-state index is 14.5. The van der Waals surface area contributed by atoms with Gasteiger partial charge in [0.1, 0.15) is 22.7 Å². The SMILES string of the molecule is CC(C)(C)OC(=O)N1CCC2(CCCN(c3c(I)ccc(Oc4ccccc4)c3C(F)(F)F)C2)CC1. The molecule has 0 radical (unpaired) electrons. The second-order valence-electron chi connectivity index (χ2n) is 10.7. The van der Waals surface area contributed by atoms with Gasteiger partial charge < -0.3 is 19.3 Å². The Hall–Kier alpha value is -2.17. The summed E-state index contributed by atoms with van der Waals surface area (Å²) >= 11 is 1.99. The van der Waals surface area contributed by atoms with E-state index >= 15 is 0 Å². The van der Waals surface area contributed by atoms with Crippen molar-refractivity contribution in [3.63, 3.8) is 0 Å². The molecule has 0 aliphatic carbocycles. The number of piperidine rings is 2. The Morgan fingerprint density at radius 3 is 2.25 bits per heavy atom. The van der Waals surface area contributed by atoms with Crippen molar-refractivity contribution in [3.05, 3.63) is 51.6 Å². The molecule has 5 nitrogen and oxygen atoms in total. The lowest BCUT2D eigenvalue weighted by Gasteiger charge is -2.48. The van der Waals surface area contributed by atoms with Crippen LogP contribution in [0.15, 0.2) is 42.5 Å². The summed E-state index contributed by atoms with van der Waals surface area (Å²) in [6.45, 7) is 7.67. The van der Waals surface area contributed by atoms with Gasteiger partial charge in [-0.1, -0.05) is 18.2 Å². The van der Waals surface area contributed by atoms with Gasteiger partial charge in [-0.2, -0.15) is 13.2 Å². The van der Waals surface area contributed by atoms with Gasteiger partial charge in [0.15, 0.2) is 0 Å². The van der Waals surface area contributed by atoms with Crippen LogP contribution in [0.4, 0.5) is 23.7 Å². The van der Waals surface area contributed by atoms with Crippen LogP contribution in [0.25, 0.3) is 0 Å². The number of nitrogens with zero attached hydrogens (tertiary/aromatic N) is 2. The number of carbonyl (C=O) groups is 1. The average molecular weight is 616 g/mol. The fourth-order valence-corrected chi connectivity index (χ4v) is 5.92. The summed E-state index contributed by atoms with van der Waals surface area (Å²) in [6, 6.07) is 11.6. The van der Waals surface area contributed by atoms with Crippen LogP contribution in [0, 0.1) is 8.99 Å². The van der Waals surface area contributed by atoms with Crippen LogP contribution in [0.3, 0.4) is 0 Å². The lowest BCUT2D eigenvalue weighted by molar-refractivity contribution is -0.138. The number of rotatable bonds is 3. The van der Waals surface area contributed by atoms with E-state index in [0.717, 1.165) is 25.7 Å². The maximum Gasteiger partial charge on any atom is 0.422 e. The molecule has 1 amide bonds. The number of hydrogen-bond acceptors (Lipinski definition) is 4. The van der Waals surface area contributed by atoms with Crippen LogP contribution in [-0.4, -0.2) is 42.8 Å². The van der Waals surface area contributed by atoms with E-state index in [2.05, 4.69) is 0 Å². The Bertz CT molecular complexity index is 1080. The quantitative estimate of drug-likeness (QED) is 0.332. The fraction of sp³-hybridized carbons (Fsp3) is 0.519. The monoisotopic (exact) mass is 616 g/mol. The molecule has 2 aromatic rings. The van der Waals surface area contributed by atoms with Crippen molar-refractivity contribution in [2.75, 3.05) is 31.1 Å². The smallest absolute Gasteiger partial charge is 0.422 e. The van der Waals surface area contributed by atoms with Gasteiger partial charge in [-0.05, 0) is 98.7 Å². The molecule has 2 aliphatic rings. The topological polar surface area (TPSA) is 42.0 Å². The zero-order valence-electron chi connectivity index (χ0n) is 20.8. The highest BCUT2D eigenvalue weighted by Crippen LogP contribution is 2.49. The van der Waals surface area contributed by atoms with Crippen LogP contribution in [0.5, 0.6) is 11.5 Å². The number of benzene rings is 2. The minimum absolute atomic E-state index is 0.140. The molecule has 0 N–H and O–H groups in total. The molecule has 0 atom stereocenters. The maximum absolute atomic E-state index is 14.5. The molecule has 4 rings (SSSR count). The molecular weight excluding hydrogens is 584 g/mol. The number of amides is 1. The van der Waals surface area contributed by atoms with E-state index in [4.69, 9.17) is 9.47 Å². The summed E-state index contributed by atoms with van der Waals surface area (Å²) in [5.41, 5.74) is -1.25. The third-order valence-electron chi connectivity index (χ3n) is 6.80. The third kappa shape index (κ3) is 6.20. The van der Waals surface area contributed by atoms with Crippen LogP contribution in [0.2, 0.25) is 0 Å². The van der Waals surface area contributed by atoms with E-state index in [1.807, 2.05) is 48.3 Å². The first kappa shape index (κ1) is 26.9. The van der Waals surface area contributed by atoms with Gasteiger partial charge in [-0.15, -0.1) is 0 Å². The zero-order chi connectivity index (χ0) is 26.1. The highest BCUT2D eigenvalue weighted by Gasteiger charge is 2.44. The first-order chi connectivity index (χ1) is 16.9. The molecule has 1 spiro atoms. The number of halogens is 4. The molecule has 9 heteroatoms. The Morgan fingerprint density at radius 1 is 0.972 bits per heavy atom. The minimum Gasteiger partial charge on any atom is -0.457 e. The molecule has 196 valence electrons. The van der Waals surface area contributed by atoms with Gasteiger partial charge in [0.05, 0.1) is 5.69 Å². The van der Waals surface area contributed by atoms with Gasteiger partial charge in [-0.3, -0.25) is 0 Å². The lowest BCUT2D eigenvalue weighted by Crippen LogP contribution is -2.51. The van der Waals surface area contributed by atoms with Gasteiger partial charge in [0.2, 0.25) is 0 Å². The van der Waals surface area contributed by atoms with Crippen LogP contribution in [0.1, 0.15) is 52.0 Å². The molecule has 2 aliphatic heterocycles. The van der Waals surface area contributed by atoms with Gasteiger partial charge in [0, 0.05) is 29.7 Å². The van der Waals surface area contributed by atoms with Crippen molar-refractivity contribution >= 4 is 34.4 Å². The molecule has 2 saturated heterocycles. The predicted octanol–water partition coefficient (Wildman–Crippen LogP) is 7.72. The van der Waals surface area contributed by atoms with E-state index < -0.39 is 17.3 Å². The Labute approximate surface area is 224 Å². The van der Waals surface area contributed by atoms with Crippen molar-refractivity contribution < 1.29 is 27.4 Å². The van der Waals surface area contributed by atoms with Crippen molar-refractivity contribution in [3.8, 4) is 11.5 Å². The Morgan fingerprint density at radius 2 is 1.64 bits per heavy atom. The highest BCUT2D eigenvalue weighted by atomic mass is 127. The van der Waals surface area contributed by atoms with E-state index in [9.17, 15) is 18.0 Å². The van der Waals surface area contributed by atoms with Gasteiger partial charge in [-0.25, -0.2) is 4.79 Å². The number of ether oxygens (including phenoxy) is 2. The molecule has 2 heterocycles. The standard InChI is InChI=1S/C27H32F3IN2O3/c1-25(2,3)36-24(34)32-16-13-26(14-17-32)12-7-15-33(18-26)23-20(31)10-11-21(22(23)27(28,29)30)35-19-8-5-4-6-9-19/h4-6,8-11H,7,12-18H2,1-3H3. The zero-order valence-corrected chi connectivity index (χ0v) is 23.0. The van der Waals surface area contributed by atoms with Crippen molar-refractivity contribution in [1.82, 2.24) is 4.90 Å². The average Bonchev–Trinajstić information content (AvgIpc) is 2.79. The molecule has 36 heavy (non-hydrogen) atoms. The molecule has 0 aromatic heterocycles. The van der Waals surface area contributed by atoms with E-state index in [1.165, 1.54) is 6.07 Å². The second kappa shape index (κ2) is 10.3. The van der Waals surface area contributed by atoms with Crippen LogP contribution in [-0.2, 0) is 10.9 Å². The van der Waals surface area contributed by atoms with E-state index in [1.54, 1.807) is 41.3 Å². The Balaban J connectivity index is 1.58. The summed E-state index contributed by atoms with van der Waals surface area (Å²) in [5, 5.41) is 0. The largest absolute Gasteiger partial charge is 0.457 e. The summed E-state index contributed by atoms with van der Waals surface area (Å²) < 4.78 is 55.3. The normalized spacial score (nSPS) is 18.3. The highest BCUT2D eigenvalue weighted by molar-refractivity contribution is 14.1. The summed E-state index contributed by atoms with van der Waals surface area (Å²) in [4.78, 5) is 16.1. The van der Waals surface area contributed by atoms with E-state index in [0.29, 0.717) is 35.5 Å². The number of alkyl halides is 3. The molecule has 0 unspecified atom stereocenters. The number of likely N-dealkylation sites (tertiary alicyclic amines) is 1. The lowest BCUT2D eigenvalue weighted by atomic mass is 9.72. The number of anilines is 1. The summed E-state index contributed by atoms with van der Waals surface area (Å²) in [5.74, 6) is 0.170. The number of carbonyl (C=O) groups excluding carboxylic acids is 1. The second-order valence-corrected chi connectivity index (χ2v) is 11.8. The number of para-hydroxylation sites is 1. The first-order valence-electron chi connectivity index (χ1n) is 12.2. The molecule has 2 fully saturated rings.